The molecule has 194 valence electrons. The summed E-state index contributed by atoms with van der Waals surface area (Å²) in [6, 6.07) is 25.2. The number of benzene rings is 3. The standard InChI is InChI=1S/C31H37N3O3/c1-23-16-19-34(20-17-23)28-15-14-26(22-27(28)30(35)32-18-9-21-37-2)33-31(36)29(24-10-5-3-6-11-24)25-12-7-4-8-13-25/h3-8,10-15,22-23,29H,9,16-21H2,1-2H3,(H,32,35)(H,33,36). The lowest BCUT2D eigenvalue weighted by atomic mass is 9.90. The van der Waals surface area contributed by atoms with Crippen LogP contribution in [0.15, 0.2) is 78.9 Å². The molecule has 0 aromatic heterocycles. The smallest absolute Gasteiger partial charge is 0.253 e. The van der Waals surface area contributed by atoms with Crippen LogP contribution in [-0.4, -0.2) is 45.2 Å². The highest BCUT2D eigenvalue weighted by atomic mass is 16.5. The topological polar surface area (TPSA) is 70.7 Å². The molecule has 0 saturated carbocycles. The van der Waals surface area contributed by atoms with E-state index in [1.165, 1.54) is 0 Å². The van der Waals surface area contributed by atoms with Gasteiger partial charge in [0.05, 0.1) is 11.5 Å². The molecule has 6 heteroatoms. The molecule has 3 aromatic carbocycles. The minimum Gasteiger partial charge on any atom is -0.385 e. The maximum Gasteiger partial charge on any atom is 0.253 e. The summed E-state index contributed by atoms with van der Waals surface area (Å²) >= 11 is 0. The molecule has 1 heterocycles. The maximum atomic E-state index is 13.6. The summed E-state index contributed by atoms with van der Waals surface area (Å²) in [5, 5.41) is 6.11. The Bertz CT molecular complexity index is 1120. The number of nitrogens with one attached hydrogen (secondary N) is 2. The Kier molecular flexibility index (Phi) is 9.33. The predicted octanol–water partition coefficient (Wildman–Crippen LogP) is 5.46. The fraction of sp³-hybridized carbons (Fsp3) is 0.355. The first-order chi connectivity index (χ1) is 18.1. The van der Waals surface area contributed by atoms with Crippen LogP contribution in [0.1, 0.15) is 53.6 Å². The first-order valence-corrected chi connectivity index (χ1v) is 13.1. The fourth-order valence-corrected chi connectivity index (χ4v) is 4.84. The van der Waals surface area contributed by atoms with Gasteiger partial charge in [-0.05, 0) is 54.5 Å². The molecule has 37 heavy (non-hydrogen) atoms. The monoisotopic (exact) mass is 499 g/mol. The highest BCUT2D eigenvalue weighted by Crippen LogP contribution is 2.30. The zero-order valence-electron chi connectivity index (χ0n) is 21.8. The molecule has 0 atom stereocenters. The molecule has 1 aliphatic rings. The maximum absolute atomic E-state index is 13.6. The average Bonchev–Trinajstić information content (AvgIpc) is 2.93. The number of rotatable bonds is 10. The minimum absolute atomic E-state index is 0.136. The molecule has 1 fully saturated rings. The molecule has 2 N–H and O–H groups in total. The van der Waals surface area contributed by atoms with E-state index < -0.39 is 5.92 Å². The van der Waals surface area contributed by atoms with E-state index in [1.807, 2.05) is 78.9 Å². The third-order valence-corrected chi connectivity index (χ3v) is 6.97. The Morgan fingerprint density at radius 2 is 1.57 bits per heavy atom. The third kappa shape index (κ3) is 6.98. The zero-order chi connectivity index (χ0) is 26.0. The highest BCUT2D eigenvalue weighted by Gasteiger charge is 2.25. The van der Waals surface area contributed by atoms with Gasteiger partial charge in [-0.3, -0.25) is 9.59 Å². The van der Waals surface area contributed by atoms with Gasteiger partial charge in [-0.1, -0.05) is 67.6 Å². The van der Waals surface area contributed by atoms with Gasteiger partial charge in [0.2, 0.25) is 5.91 Å². The second kappa shape index (κ2) is 13.1. The number of amides is 2. The number of anilines is 2. The van der Waals surface area contributed by atoms with Gasteiger partial charge in [-0.2, -0.15) is 0 Å². The van der Waals surface area contributed by atoms with Crippen LogP contribution in [-0.2, 0) is 9.53 Å². The van der Waals surface area contributed by atoms with Crippen LogP contribution in [0.3, 0.4) is 0 Å². The SMILES string of the molecule is COCCCNC(=O)c1cc(NC(=O)C(c2ccccc2)c2ccccc2)ccc1N1CCC(C)CC1. The molecule has 4 rings (SSSR count). The van der Waals surface area contributed by atoms with Crippen molar-refractivity contribution < 1.29 is 14.3 Å². The largest absolute Gasteiger partial charge is 0.385 e. The summed E-state index contributed by atoms with van der Waals surface area (Å²) in [7, 11) is 1.65. The summed E-state index contributed by atoms with van der Waals surface area (Å²) in [4.78, 5) is 29.2. The molecule has 1 saturated heterocycles. The number of hydrogen-bond acceptors (Lipinski definition) is 4. The van der Waals surface area contributed by atoms with Crippen LogP contribution < -0.4 is 15.5 Å². The molecule has 0 bridgehead atoms. The van der Waals surface area contributed by atoms with E-state index in [-0.39, 0.29) is 11.8 Å². The molecular weight excluding hydrogens is 462 g/mol. The zero-order valence-corrected chi connectivity index (χ0v) is 21.8. The molecule has 2 amide bonds. The summed E-state index contributed by atoms with van der Waals surface area (Å²) in [5.74, 6) is -0.0436. The minimum atomic E-state index is -0.461. The van der Waals surface area contributed by atoms with Gasteiger partial charge in [-0.25, -0.2) is 0 Å². The van der Waals surface area contributed by atoms with Crippen molar-refractivity contribution in [3.05, 3.63) is 95.6 Å². The molecule has 0 aliphatic carbocycles. The Morgan fingerprint density at radius 3 is 2.16 bits per heavy atom. The number of ether oxygens (including phenoxy) is 1. The first-order valence-electron chi connectivity index (χ1n) is 13.1. The highest BCUT2D eigenvalue weighted by molar-refractivity contribution is 6.03. The Morgan fingerprint density at radius 1 is 0.946 bits per heavy atom. The second-order valence-electron chi connectivity index (χ2n) is 9.75. The van der Waals surface area contributed by atoms with Crippen molar-refractivity contribution in [2.75, 3.05) is 43.6 Å². The van der Waals surface area contributed by atoms with Crippen LogP contribution in [0.5, 0.6) is 0 Å². The number of nitrogens with zero attached hydrogens (tertiary/aromatic N) is 1. The van der Waals surface area contributed by atoms with E-state index in [0.29, 0.717) is 30.3 Å². The summed E-state index contributed by atoms with van der Waals surface area (Å²) in [5.41, 5.74) is 3.94. The van der Waals surface area contributed by atoms with E-state index in [9.17, 15) is 9.59 Å². The van der Waals surface area contributed by atoms with Gasteiger partial charge in [0.1, 0.15) is 0 Å². The van der Waals surface area contributed by atoms with Crippen molar-refractivity contribution in [2.24, 2.45) is 5.92 Å². The van der Waals surface area contributed by atoms with E-state index in [0.717, 1.165) is 49.2 Å². The molecule has 0 radical (unpaired) electrons. The van der Waals surface area contributed by atoms with Gasteiger partial charge in [-0.15, -0.1) is 0 Å². The summed E-state index contributed by atoms with van der Waals surface area (Å²) in [6.07, 6.45) is 2.94. The van der Waals surface area contributed by atoms with Crippen LogP contribution in [0.4, 0.5) is 11.4 Å². The van der Waals surface area contributed by atoms with Crippen LogP contribution in [0.25, 0.3) is 0 Å². The van der Waals surface area contributed by atoms with Crippen LogP contribution in [0.2, 0.25) is 0 Å². The lowest BCUT2D eigenvalue weighted by Gasteiger charge is -2.33. The van der Waals surface area contributed by atoms with E-state index in [1.54, 1.807) is 7.11 Å². The Labute approximate surface area is 220 Å². The second-order valence-corrected chi connectivity index (χ2v) is 9.75. The molecular formula is C31H37N3O3. The molecule has 6 nitrogen and oxygen atoms in total. The van der Waals surface area contributed by atoms with Gasteiger partial charge < -0.3 is 20.3 Å². The average molecular weight is 500 g/mol. The van der Waals surface area contributed by atoms with Crippen molar-refractivity contribution in [1.29, 1.82) is 0 Å². The van der Waals surface area contributed by atoms with Crippen LogP contribution >= 0.6 is 0 Å². The Balaban J connectivity index is 1.60. The van der Waals surface area contributed by atoms with E-state index >= 15 is 0 Å². The van der Waals surface area contributed by atoms with E-state index in [4.69, 9.17) is 4.74 Å². The van der Waals surface area contributed by atoms with Gasteiger partial charge >= 0.3 is 0 Å². The van der Waals surface area contributed by atoms with Crippen LogP contribution in [0, 0.1) is 5.92 Å². The normalized spacial score (nSPS) is 14.0. The number of carbonyl (C=O) groups is 2. The Hall–Kier alpha value is -3.64. The summed E-state index contributed by atoms with van der Waals surface area (Å²) in [6.45, 7) is 5.23. The quantitative estimate of drug-likeness (QED) is 0.364. The van der Waals surface area contributed by atoms with Crippen molar-refractivity contribution in [2.45, 2.75) is 32.1 Å². The lowest BCUT2D eigenvalue weighted by Crippen LogP contribution is -2.35. The van der Waals surface area contributed by atoms with E-state index in [2.05, 4.69) is 22.5 Å². The molecule has 0 unspecified atom stereocenters. The van der Waals surface area contributed by atoms with Crippen molar-refractivity contribution in [3.8, 4) is 0 Å². The first kappa shape index (κ1) is 26.4. The van der Waals surface area contributed by atoms with Gasteiger partial charge in [0, 0.05) is 44.7 Å². The van der Waals surface area contributed by atoms with Crippen molar-refractivity contribution in [1.82, 2.24) is 5.32 Å². The number of carbonyl (C=O) groups excluding carboxylic acids is 2. The third-order valence-electron chi connectivity index (χ3n) is 6.97. The lowest BCUT2D eigenvalue weighted by molar-refractivity contribution is -0.116. The number of piperidine rings is 1. The fourth-order valence-electron chi connectivity index (χ4n) is 4.84. The van der Waals surface area contributed by atoms with Crippen molar-refractivity contribution >= 4 is 23.2 Å². The summed E-state index contributed by atoms with van der Waals surface area (Å²) < 4.78 is 5.11. The molecule has 3 aromatic rings. The number of hydrogen-bond donors (Lipinski definition) is 2. The molecule has 0 spiro atoms. The molecule has 1 aliphatic heterocycles. The van der Waals surface area contributed by atoms with Crippen molar-refractivity contribution in [3.63, 3.8) is 0 Å². The predicted molar refractivity (Wildman–Crippen MR) is 149 cm³/mol. The van der Waals surface area contributed by atoms with Gasteiger partial charge in [0.15, 0.2) is 0 Å². The van der Waals surface area contributed by atoms with Gasteiger partial charge in [0.25, 0.3) is 5.91 Å². The number of methoxy groups -OCH3 is 1.